The summed E-state index contributed by atoms with van der Waals surface area (Å²) in [5.41, 5.74) is -0.0719. The number of anilines is 1. The average Bonchev–Trinajstić information content (AvgIpc) is 2.28. The molecule has 0 saturated carbocycles. The van der Waals surface area contributed by atoms with Gasteiger partial charge in [0.15, 0.2) is 0 Å². The molecule has 0 atom stereocenters. The summed E-state index contributed by atoms with van der Waals surface area (Å²) in [6.45, 7) is 3.88. The topological polar surface area (TPSA) is 77.3 Å². The highest BCUT2D eigenvalue weighted by molar-refractivity contribution is 6.29. The summed E-state index contributed by atoms with van der Waals surface area (Å²) in [6.07, 6.45) is 0.801. The molecule has 0 spiro atoms. The first-order valence-corrected chi connectivity index (χ1v) is 5.65. The van der Waals surface area contributed by atoms with E-state index in [1.807, 2.05) is 6.92 Å². The molecule has 17 heavy (non-hydrogen) atoms. The zero-order valence-corrected chi connectivity index (χ0v) is 10.2. The van der Waals surface area contributed by atoms with E-state index >= 15 is 0 Å². The lowest BCUT2D eigenvalue weighted by Gasteiger charge is -2.05. The van der Waals surface area contributed by atoms with Crippen LogP contribution >= 0.6 is 11.6 Å². The number of pyridine rings is 1. The number of nitro groups is 1. The molecule has 0 radical (unpaired) electrons. The van der Waals surface area contributed by atoms with Crippen LogP contribution in [0.1, 0.15) is 13.3 Å². The summed E-state index contributed by atoms with van der Waals surface area (Å²) < 4.78 is 5.16. The smallest absolute Gasteiger partial charge is 0.276 e. The van der Waals surface area contributed by atoms with Gasteiger partial charge in [-0.05, 0) is 13.3 Å². The van der Waals surface area contributed by atoms with Crippen LogP contribution in [0.2, 0.25) is 5.15 Å². The van der Waals surface area contributed by atoms with Crippen LogP contribution in [0.4, 0.5) is 11.5 Å². The number of rotatable bonds is 7. The fourth-order valence-electron chi connectivity index (χ4n) is 1.21. The van der Waals surface area contributed by atoms with Crippen molar-refractivity contribution in [1.29, 1.82) is 0 Å². The molecule has 1 aromatic heterocycles. The molecule has 0 aromatic carbocycles. The molecule has 7 heteroatoms. The van der Waals surface area contributed by atoms with E-state index in [-0.39, 0.29) is 10.8 Å². The molecule has 0 fully saturated rings. The van der Waals surface area contributed by atoms with Gasteiger partial charge in [-0.2, -0.15) is 0 Å². The van der Waals surface area contributed by atoms with Crippen molar-refractivity contribution in [3.8, 4) is 0 Å². The Morgan fingerprint density at radius 1 is 1.59 bits per heavy atom. The number of halogens is 1. The molecular weight excluding hydrogens is 246 g/mol. The summed E-state index contributed by atoms with van der Waals surface area (Å²) in [5, 5.41) is 13.7. The molecule has 0 unspecified atom stereocenters. The monoisotopic (exact) mass is 259 g/mol. The average molecular weight is 260 g/mol. The van der Waals surface area contributed by atoms with Crippen molar-refractivity contribution in [2.75, 3.05) is 25.1 Å². The van der Waals surface area contributed by atoms with E-state index < -0.39 is 4.92 Å². The molecule has 1 N–H and O–H groups in total. The molecule has 94 valence electrons. The molecule has 0 aliphatic heterocycles. The maximum Gasteiger partial charge on any atom is 0.276 e. The van der Waals surface area contributed by atoms with E-state index in [1.54, 1.807) is 0 Å². The van der Waals surface area contributed by atoms with Crippen LogP contribution < -0.4 is 5.32 Å². The highest BCUT2D eigenvalue weighted by atomic mass is 35.5. The van der Waals surface area contributed by atoms with Gasteiger partial charge in [0.2, 0.25) is 0 Å². The third-order valence-corrected chi connectivity index (χ3v) is 2.16. The van der Waals surface area contributed by atoms with Gasteiger partial charge in [0.25, 0.3) is 5.69 Å². The van der Waals surface area contributed by atoms with Crippen LogP contribution in [0, 0.1) is 10.1 Å². The minimum atomic E-state index is -0.501. The number of nitrogens with zero attached hydrogens (tertiary/aromatic N) is 2. The lowest BCUT2D eigenvalue weighted by Crippen LogP contribution is -2.07. The van der Waals surface area contributed by atoms with E-state index in [1.165, 1.54) is 12.1 Å². The van der Waals surface area contributed by atoms with Crippen LogP contribution in [-0.4, -0.2) is 29.7 Å². The second-order valence-electron chi connectivity index (χ2n) is 3.27. The lowest BCUT2D eigenvalue weighted by molar-refractivity contribution is -0.384. The molecule has 6 nitrogen and oxygen atoms in total. The molecular formula is C10H14ClN3O3. The van der Waals surface area contributed by atoms with Crippen molar-refractivity contribution in [1.82, 2.24) is 4.98 Å². The first-order valence-electron chi connectivity index (χ1n) is 5.27. The summed E-state index contributed by atoms with van der Waals surface area (Å²) in [5.74, 6) is 0.403. The minimum Gasteiger partial charge on any atom is -0.382 e. The quantitative estimate of drug-likeness (QED) is 0.352. The van der Waals surface area contributed by atoms with Gasteiger partial charge in [-0.1, -0.05) is 11.6 Å². The molecule has 0 bridgehead atoms. The maximum absolute atomic E-state index is 10.6. The second-order valence-corrected chi connectivity index (χ2v) is 3.65. The van der Waals surface area contributed by atoms with Crippen molar-refractivity contribution >= 4 is 23.1 Å². The first-order chi connectivity index (χ1) is 8.13. The lowest BCUT2D eigenvalue weighted by atomic mass is 10.4. The van der Waals surface area contributed by atoms with Gasteiger partial charge in [0, 0.05) is 19.8 Å². The zero-order chi connectivity index (χ0) is 12.7. The van der Waals surface area contributed by atoms with Gasteiger partial charge in [0.1, 0.15) is 11.0 Å². The van der Waals surface area contributed by atoms with E-state index in [2.05, 4.69) is 10.3 Å². The first kappa shape index (κ1) is 13.7. The van der Waals surface area contributed by atoms with Crippen LogP contribution in [0.25, 0.3) is 0 Å². The molecule has 0 aliphatic rings. The van der Waals surface area contributed by atoms with Gasteiger partial charge in [-0.25, -0.2) is 4.98 Å². The van der Waals surface area contributed by atoms with Crippen LogP contribution in [-0.2, 0) is 4.74 Å². The highest BCUT2D eigenvalue weighted by Gasteiger charge is 2.09. The second kappa shape index (κ2) is 7.03. The van der Waals surface area contributed by atoms with E-state index in [0.717, 1.165) is 6.42 Å². The SMILES string of the molecule is CCOCCCNc1cc([N+](=O)[O-])cc(Cl)n1. The predicted molar refractivity (Wildman–Crippen MR) is 65.5 cm³/mol. The summed E-state index contributed by atoms with van der Waals surface area (Å²) in [6, 6.07) is 2.57. The molecule has 1 rings (SSSR count). The van der Waals surface area contributed by atoms with Crippen molar-refractivity contribution in [2.45, 2.75) is 13.3 Å². The maximum atomic E-state index is 10.6. The number of hydrogen-bond donors (Lipinski definition) is 1. The normalized spacial score (nSPS) is 10.2. The van der Waals surface area contributed by atoms with Crippen molar-refractivity contribution in [2.24, 2.45) is 0 Å². The third-order valence-electron chi connectivity index (χ3n) is 1.97. The zero-order valence-electron chi connectivity index (χ0n) is 9.48. The van der Waals surface area contributed by atoms with Crippen molar-refractivity contribution in [3.63, 3.8) is 0 Å². The molecule has 0 amide bonds. The Balaban J connectivity index is 2.50. The van der Waals surface area contributed by atoms with Crippen molar-refractivity contribution < 1.29 is 9.66 Å². The largest absolute Gasteiger partial charge is 0.382 e. The fourth-order valence-corrected chi connectivity index (χ4v) is 1.42. The Kier molecular flexibility index (Phi) is 5.65. The van der Waals surface area contributed by atoms with Gasteiger partial charge < -0.3 is 10.1 Å². The Morgan fingerprint density at radius 3 is 3.00 bits per heavy atom. The molecule has 0 saturated heterocycles. The summed E-state index contributed by atoms with van der Waals surface area (Å²) in [4.78, 5) is 14.0. The Labute approximate surface area is 104 Å². The highest BCUT2D eigenvalue weighted by Crippen LogP contribution is 2.20. The number of hydrogen-bond acceptors (Lipinski definition) is 5. The minimum absolute atomic E-state index is 0.0719. The van der Waals surface area contributed by atoms with E-state index in [4.69, 9.17) is 16.3 Å². The predicted octanol–water partition coefficient (Wildman–Crippen LogP) is 2.48. The molecule has 1 aromatic rings. The number of ether oxygens (including phenoxy) is 1. The van der Waals surface area contributed by atoms with E-state index in [9.17, 15) is 10.1 Å². The standard InChI is InChI=1S/C10H14ClN3O3/c1-2-17-5-3-4-12-10-7-8(14(15)16)6-9(11)13-10/h6-7H,2-5H2,1H3,(H,12,13). The third kappa shape index (κ3) is 4.97. The van der Waals surface area contributed by atoms with Gasteiger partial charge in [-0.15, -0.1) is 0 Å². The molecule has 1 heterocycles. The number of aromatic nitrogens is 1. The summed E-state index contributed by atoms with van der Waals surface area (Å²) >= 11 is 5.68. The Hall–Kier alpha value is -1.40. The van der Waals surface area contributed by atoms with Gasteiger partial charge in [0.05, 0.1) is 17.1 Å². The number of nitrogens with one attached hydrogen (secondary N) is 1. The molecule has 0 aliphatic carbocycles. The Morgan fingerprint density at radius 2 is 2.35 bits per heavy atom. The van der Waals surface area contributed by atoms with E-state index in [0.29, 0.717) is 25.6 Å². The fraction of sp³-hybridized carbons (Fsp3) is 0.500. The van der Waals surface area contributed by atoms with Crippen molar-refractivity contribution in [3.05, 3.63) is 27.4 Å². The van der Waals surface area contributed by atoms with Crippen LogP contribution in [0.3, 0.4) is 0 Å². The van der Waals surface area contributed by atoms with Crippen LogP contribution in [0.15, 0.2) is 12.1 Å². The Bertz CT molecular complexity index is 387. The van der Waals surface area contributed by atoms with Gasteiger partial charge >= 0.3 is 0 Å². The summed E-state index contributed by atoms with van der Waals surface area (Å²) in [7, 11) is 0. The van der Waals surface area contributed by atoms with Crippen LogP contribution in [0.5, 0.6) is 0 Å². The van der Waals surface area contributed by atoms with Gasteiger partial charge in [-0.3, -0.25) is 10.1 Å².